The molecule has 19 heavy (non-hydrogen) atoms. The SMILES string of the molecule is CCCC(NC)c1ccc(-c2ccc(C)c(Br)c2)s1. The molecule has 1 heterocycles. The molecule has 2 rings (SSSR count). The summed E-state index contributed by atoms with van der Waals surface area (Å²) in [7, 11) is 2.04. The molecule has 1 aromatic carbocycles. The summed E-state index contributed by atoms with van der Waals surface area (Å²) >= 11 is 5.50. The second-order valence-electron chi connectivity index (χ2n) is 4.80. The lowest BCUT2D eigenvalue weighted by molar-refractivity contribution is 0.550. The van der Waals surface area contributed by atoms with Crippen LogP contribution < -0.4 is 5.32 Å². The van der Waals surface area contributed by atoms with Crippen molar-refractivity contribution in [2.24, 2.45) is 0 Å². The zero-order valence-corrected chi connectivity index (χ0v) is 14.1. The Morgan fingerprint density at radius 3 is 2.68 bits per heavy atom. The van der Waals surface area contributed by atoms with Gasteiger partial charge in [-0.05, 0) is 49.7 Å². The number of thiophene rings is 1. The maximum absolute atomic E-state index is 3.61. The molecule has 0 aliphatic rings. The third kappa shape index (κ3) is 3.47. The maximum Gasteiger partial charge on any atom is 0.0412 e. The van der Waals surface area contributed by atoms with Crippen molar-refractivity contribution in [3.63, 3.8) is 0 Å². The van der Waals surface area contributed by atoms with E-state index in [2.05, 4.69) is 65.4 Å². The van der Waals surface area contributed by atoms with E-state index in [-0.39, 0.29) is 0 Å². The molecular formula is C16H20BrNS. The molecule has 0 amide bonds. The number of nitrogens with one attached hydrogen (secondary N) is 1. The molecule has 0 saturated carbocycles. The number of hydrogen-bond acceptors (Lipinski definition) is 2. The summed E-state index contributed by atoms with van der Waals surface area (Å²) < 4.78 is 1.18. The lowest BCUT2D eigenvalue weighted by Gasteiger charge is -2.12. The molecule has 1 atom stereocenters. The van der Waals surface area contributed by atoms with Gasteiger partial charge in [0.2, 0.25) is 0 Å². The van der Waals surface area contributed by atoms with Crippen LogP contribution in [0.4, 0.5) is 0 Å². The van der Waals surface area contributed by atoms with E-state index in [9.17, 15) is 0 Å². The van der Waals surface area contributed by atoms with E-state index in [0.717, 1.165) is 0 Å². The summed E-state index contributed by atoms with van der Waals surface area (Å²) in [6.45, 7) is 4.35. The highest BCUT2D eigenvalue weighted by Crippen LogP contribution is 2.34. The lowest BCUT2D eigenvalue weighted by atomic mass is 10.1. The first-order valence-electron chi connectivity index (χ1n) is 6.69. The van der Waals surface area contributed by atoms with Crippen molar-refractivity contribution in [2.45, 2.75) is 32.7 Å². The third-order valence-electron chi connectivity index (χ3n) is 3.35. The highest BCUT2D eigenvalue weighted by molar-refractivity contribution is 9.10. The molecule has 1 N–H and O–H groups in total. The van der Waals surface area contributed by atoms with Crippen molar-refractivity contribution in [1.29, 1.82) is 0 Å². The van der Waals surface area contributed by atoms with Crippen LogP contribution in [0.5, 0.6) is 0 Å². The minimum Gasteiger partial charge on any atom is -0.312 e. The Labute approximate surface area is 128 Å². The first kappa shape index (κ1) is 14.8. The van der Waals surface area contributed by atoms with Crippen LogP contribution in [0.3, 0.4) is 0 Å². The molecule has 0 spiro atoms. The molecule has 102 valence electrons. The Hall–Kier alpha value is -0.640. The van der Waals surface area contributed by atoms with Gasteiger partial charge in [-0.25, -0.2) is 0 Å². The maximum atomic E-state index is 3.61. The van der Waals surface area contributed by atoms with Crippen molar-refractivity contribution >= 4 is 27.3 Å². The minimum atomic E-state index is 0.484. The molecule has 0 radical (unpaired) electrons. The summed E-state index contributed by atoms with van der Waals surface area (Å²) in [5.74, 6) is 0. The Kier molecular flexibility index (Phi) is 5.20. The molecule has 0 aliphatic carbocycles. The molecule has 0 aliphatic heterocycles. The zero-order chi connectivity index (χ0) is 13.8. The molecule has 2 aromatic rings. The van der Waals surface area contributed by atoms with Gasteiger partial charge >= 0.3 is 0 Å². The second kappa shape index (κ2) is 6.69. The van der Waals surface area contributed by atoms with Gasteiger partial charge in [-0.15, -0.1) is 11.3 Å². The van der Waals surface area contributed by atoms with Crippen LogP contribution >= 0.6 is 27.3 Å². The van der Waals surface area contributed by atoms with Crippen LogP contribution in [0.1, 0.15) is 36.2 Å². The van der Waals surface area contributed by atoms with Gasteiger partial charge in [-0.1, -0.05) is 41.4 Å². The summed E-state index contributed by atoms with van der Waals surface area (Å²) in [4.78, 5) is 2.77. The van der Waals surface area contributed by atoms with Crippen molar-refractivity contribution in [1.82, 2.24) is 5.32 Å². The fraction of sp³-hybridized carbons (Fsp3) is 0.375. The van der Waals surface area contributed by atoms with E-state index >= 15 is 0 Å². The molecule has 0 saturated heterocycles. The Balaban J connectivity index is 2.27. The van der Waals surface area contributed by atoms with Crippen LogP contribution in [0.2, 0.25) is 0 Å². The van der Waals surface area contributed by atoms with Gasteiger partial charge in [0.05, 0.1) is 0 Å². The van der Waals surface area contributed by atoms with E-state index in [1.807, 2.05) is 18.4 Å². The predicted molar refractivity (Wildman–Crippen MR) is 88.9 cm³/mol. The average Bonchev–Trinajstić information content (AvgIpc) is 2.88. The quantitative estimate of drug-likeness (QED) is 0.754. The Bertz CT molecular complexity index is 547. The first-order chi connectivity index (χ1) is 9.15. The molecular weight excluding hydrogens is 318 g/mol. The van der Waals surface area contributed by atoms with Gasteiger partial charge < -0.3 is 5.32 Å². The van der Waals surface area contributed by atoms with Gasteiger partial charge in [0.25, 0.3) is 0 Å². The van der Waals surface area contributed by atoms with Crippen LogP contribution in [0, 0.1) is 6.92 Å². The first-order valence-corrected chi connectivity index (χ1v) is 8.30. The van der Waals surface area contributed by atoms with E-state index in [1.54, 1.807) is 0 Å². The average molecular weight is 338 g/mol. The van der Waals surface area contributed by atoms with E-state index in [4.69, 9.17) is 0 Å². The van der Waals surface area contributed by atoms with Crippen LogP contribution in [-0.4, -0.2) is 7.05 Å². The standard InChI is InChI=1S/C16H20BrNS/c1-4-5-14(18-3)16-9-8-15(19-16)12-7-6-11(2)13(17)10-12/h6-10,14,18H,4-5H2,1-3H3. The zero-order valence-electron chi connectivity index (χ0n) is 11.7. The lowest BCUT2D eigenvalue weighted by Crippen LogP contribution is -2.14. The van der Waals surface area contributed by atoms with E-state index in [0.29, 0.717) is 6.04 Å². The number of benzene rings is 1. The van der Waals surface area contributed by atoms with E-state index < -0.39 is 0 Å². The molecule has 0 fully saturated rings. The fourth-order valence-electron chi connectivity index (χ4n) is 2.16. The number of halogens is 1. The van der Waals surface area contributed by atoms with Crippen LogP contribution in [0.25, 0.3) is 10.4 Å². The van der Waals surface area contributed by atoms with Crippen molar-refractivity contribution in [3.05, 3.63) is 45.2 Å². The highest BCUT2D eigenvalue weighted by atomic mass is 79.9. The van der Waals surface area contributed by atoms with Crippen molar-refractivity contribution in [3.8, 4) is 10.4 Å². The molecule has 0 bridgehead atoms. The van der Waals surface area contributed by atoms with Crippen LogP contribution in [-0.2, 0) is 0 Å². The number of hydrogen-bond donors (Lipinski definition) is 1. The Morgan fingerprint density at radius 1 is 1.26 bits per heavy atom. The van der Waals surface area contributed by atoms with Gasteiger partial charge in [-0.3, -0.25) is 0 Å². The largest absolute Gasteiger partial charge is 0.312 e. The van der Waals surface area contributed by atoms with Gasteiger partial charge in [0, 0.05) is 20.3 Å². The highest BCUT2D eigenvalue weighted by Gasteiger charge is 2.12. The monoisotopic (exact) mass is 337 g/mol. The number of aryl methyl sites for hydroxylation is 1. The summed E-state index contributed by atoms with van der Waals surface area (Å²) in [6, 6.07) is 11.5. The normalized spacial score (nSPS) is 12.6. The van der Waals surface area contributed by atoms with Crippen molar-refractivity contribution in [2.75, 3.05) is 7.05 Å². The van der Waals surface area contributed by atoms with Crippen molar-refractivity contribution < 1.29 is 0 Å². The predicted octanol–water partition coefficient (Wildman–Crippen LogP) is 5.55. The fourth-order valence-corrected chi connectivity index (χ4v) is 3.69. The van der Waals surface area contributed by atoms with Gasteiger partial charge in [0.15, 0.2) is 0 Å². The van der Waals surface area contributed by atoms with E-state index in [1.165, 1.54) is 38.2 Å². The third-order valence-corrected chi connectivity index (χ3v) is 5.45. The van der Waals surface area contributed by atoms with Gasteiger partial charge in [-0.2, -0.15) is 0 Å². The van der Waals surface area contributed by atoms with Crippen LogP contribution in [0.15, 0.2) is 34.8 Å². The summed E-state index contributed by atoms with van der Waals surface area (Å²) in [5, 5.41) is 3.41. The Morgan fingerprint density at radius 2 is 2.05 bits per heavy atom. The molecule has 1 unspecified atom stereocenters. The minimum absolute atomic E-state index is 0.484. The smallest absolute Gasteiger partial charge is 0.0412 e. The topological polar surface area (TPSA) is 12.0 Å². The second-order valence-corrected chi connectivity index (χ2v) is 6.77. The molecule has 1 nitrogen and oxygen atoms in total. The molecule has 3 heteroatoms. The van der Waals surface area contributed by atoms with Gasteiger partial charge in [0.1, 0.15) is 0 Å². The summed E-state index contributed by atoms with van der Waals surface area (Å²) in [6.07, 6.45) is 2.39. The summed E-state index contributed by atoms with van der Waals surface area (Å²) in [5.41, 5.74) is 2.57. The number of rotatable bonds is 5. The molecule has 1 aromatic heterocycles.